The van der Waals surface area contributed by atoms with Crippen LogP contribution in [0.3, 0.4) is 0 Å². The number of benzene rings is 2. The number of anilines is 1. The molecule has 0 bridgehead atoms. The number of ether oxygens (including phenoxy) is 2. The maximum Gasteiger partial charge on any atom is 0.225 e. The second kappa shape index (κ2) is 9.32. The monoisotopic (exact) mass is 380 g/mol. The van der Waals surface area contributed by atoms with E-state index in [9.17, 15) is 4.79 Å². The van der Waals surface area contributed by atoms with Crippen molar-refractivity contribution >= 4 is 11.6 Å². The maximum absolute atomic E-state index is 12.7. The molecule has 2 aliphatic rings. The van der Waals surface area contributed by atoms with Gasteiger partial charge in [-0.3, -0.25) is 9.69 Å². The molecule has 2 saturated heterocycles. The number of para-hydroxylation sites is 1. The van der Waals surface area contributed by atoms with Gasteiger partial charge in [0, 0.05) is 24.2 Å². The summed E-state index contributed by atoms with van der Waals surface area (Å²) in [6.45, 7) is 3.08. The summed E-state index contributed by atoms with van der Waals surface area (Å²) in [5.74, 6) is 0.0426. The third-order valence-corrected chi connectivity index (χ3v) is 5.54. The first-order valence-corrected chi connectivity index (χ1v) is 10.2. The van der Waals surface area contributed by atoms with E-state index in [1.54, 1.807) is 0 Å². The molecule has 1 N–H and O–H groups in total. The molecule has 0 aliphatic carbocycles. The summed E-state index contributed by atoms with van der Waals surface area (Å²) >= 11 is 0. The largest absolute Gasteiger partial charge is 0.349 e. The molecule has 2 heterocycles. The number of nitrogens with one attached hydrogen (secondary N) is 1. The van der Waals surface area contributed by atoms with Crippen molar-refractivity contribution in [1.82, 2.24) is 4.90 Å². The normalized spacial score (nSPS) is 20.9. The Labute approximate surface area is 166 Å². The number of likely N-dealkylation sites (tertiary alicyclic amines) is 1. The Balaban J connectivity index is 1.37. The fraction of sp³-hybridized carbons (Fsp3) is 0.435. The van der Waals surface area contributed by atoms with Gasteiger partial charge in [-0.15, -0.1) is 0 Å². The van der Waals surface area contributed by atoms with Gasteiger partial charge in [-0.05, 0) is 31.0 Å². The number of carbonyl (C=O) groups is 1. The zero-order chi connectivity index (χ0) is 19.2. The second-order valence-corrected chi connectivity index (χ2v) is 7.42. The smallest absolute Gasteiger partial charge is 0.225 e. The zero-order valence-electron chi connectivity index (χ0n) is 16.2. The van der Waals surface area contributed by atoms with Gasteiger partial charge in [-0.2, -0.15) is 0 Å². The Morgan fingerprint density at radius 2 is 1.75 bits per heavy atom. The van der Waals surface area contributed by atoms with Crippen LogP contribution in [0, 0.1) is 0 Å². The molecule has 28 heavy (non-hydrogen) atoms. The molecule has 0 saturated carbocycles. The molecule has 1 unspecified atom stereocenters. The van der Waals surface area contributed by atoms with Crippen LogP contribution in [-0.4, -0.2) is 49.4 Å². The number of nitrogens with zero attached hydrogens (tertiary/aromatic N) is 1. The molecule has 2 aromatic carbocycles. The predicted octanol–water partition coefficient (Wildman–Crippen LogP) is 3.91. The molecule has 5 nitrogen and oxygen atoms in total. The highest BCUT2D eigenvalue weighted by molar-refractivity contribution is 5.95. The van der Waals surface area contributed by atoms with E-state index in [4.69, 9.17) is 9.47 Å². The Bertz CT molecular complexity index is 774. The Hall–Kier alpha value is -2.21. The minimum Gasteiger partial charge on any atom is -0.349 e. The van der Waals surface area contributed by atoms with E-state index >= 15 is 0 Å². The molecule has 1 atom stereocenters. The van der Waals surface area contributed by atoms with Gasteiger partial charge in [0.15, 0.2) is 6.29 Å². The van der Waals surface area contributed by atoms with Crippen LogP contribution in [0.15, 0.2) is 54.6 Å². The third kappa shape index (κ3) is 4.61. The lowest BCUT2D eigenvalue weighted by Crippen LogP contribution is -2.48. The van der Waals surface area contributed by atoms with E-state index in [1.807, 2.05) is 42.5 Å². The topological polar surface area (TPSA) is 50.8 Å². The third-order valence-electron chi connectivity index (χ3n) is 5.54. The van der Waals surface area contributed by atoms with Crippen molar-refractivity contribution in [1.29, 1.82) is 0 Å². The van der Waals surface area contributed by atoms with Crippen LogP contribution in [0.2, 0.25) is 0 Å². The fourth-order valence-electron chi connectivity index (χ4n) is 4.12. The second-order valence-electron chi connectivity index (χ2n) is 7.42. The van der Waals surface area contributed by atoms with Crippen LogP contribution in [0.25, 0.3) is 11.1 Å². The minimum absolute atomic E-state index is 0.0426. The predicted molar refractivity (Wildman–Crippen MR) is 110 cm³/mol. The molecule has 0 aromatic heterocycles. The summed E-state index contributed by atoms with van der Waals surface area (Å²) in [6.07, 6.45) is 3.76. The van der Waals surface area contributed by atoms with Gasteiger partial charge < -0.3 is 14.8 Å². The fourth-order valence-corrected chi connectivity index (χ4v) is 4.12. The van der Waals surface area contributed by atoms with Gasteiger partial charge in [0.1, 0.15) is 0 Å². The van der Waals surface area contributed by atoms with Crippen molar-refractivity contribution in [2.45, 2.75) is 38.0 Å². The summed E-state index contributed by atoms with van der Waals surface area (Å²) in [5, 5.41) is 3.10. The summed E-state index contributed by atoms with van der Waals surface area (Å²) < 4.78 is 11.5. The van der Waals surface area contributed by atoms with E-state index in [1.165, 1.54) is 12.8 Å². The van der Waals surface area contributed by atoms with Gasteiger partial charge in [-0.25, -0.2) is 0 Å². The average Bonchev–Trinajstić information content (AvgIpc) is 3.28. The number of amides is 1. The zero-order valence-corrected chi connectivity index (χ0v) is 16.2. The lowest BCUT2D eigenvalue weighted by atomic mass is 10.0. The van der Waals surface area contributed by atoms with Crippen molar-refractivity contribution in [3.8, 4) is 11.1 Å². The van der Waals surface area contributed by atoms with Crippen molar-refractivity contribution in [2.24, 2.45) is 0 Å². The summed E-state index contributed by atoms with van der Waals surface area (Å²) in [7, 11) is 0. The quantitative estimate of drug-likeness (QED) is 0.826. The van der Waals surface area contributed by atoms with Crippen molar-refractivity contribution in [3.63, 3.8) is 0 Å². The first-order chi connectivity index (χ1) is 13.8. The SMILES string of the molecule is O=C(CCN1CCCCC1C1OCCO1)Nc1ccccc1-c1ccccc1. The number of hydrogen-bond acceptors (Lipinski definition) is 4. The van der Waals surface area contributed by atoms with Crippen LogP contribution >= 0.6 is 0 Å². The summed E-state index contributed by atoms with van der Waals surface area (Å²) in [4.78, 5) is 15.0. The van der Waals surface area contributed by atoms with Gasteiger partial charge in [0.2, 0.25) is 5.91 Å². The highest BCUT2D eigenvalue weighted by atomic mass is 16.7. The Morgan fingerprint density at radius 1 is 1.00 bits per heavy atom. The molecule has 1 amide bonds. The Kier molecular flexibility index (Phi) is 6.37. The van der Waals surface area contributed by atoms with E-state index in [-0.39, 0.29) is 18.2 Å². The maximum atomic E-state index is 12.7. The van der Waals surface area contributed by atoms with Crippen molar-refractivity contribution < 1.29 is 14.3 Å². The molecule has 4 rings (SSSR count). The summed E-state index contributed by atoms with van der Waals surface area (Å²) in [5.41, 5.74) is 3.00. The number of rotatable bonds is 6. The Morgan fingerprint density at radius 3 is 2.57 bits per heavy atom. The molecule has 2 aromatic rings. The van der Waals surface area contributed by atoms with E-state index in [0.29, 0.717) is 19.6 Å². The van der Waals surface area contributed by atoms with Crippen LogP contribution in [0.5, 0.6) is 0 Å². The van der Waals surface area contributed by atoms with E-state index in [2.05, 4.69) is 22.3 Å². The molecule has 2 aliphatic heterocycles. The van der Waals surface area contributed by atoms with E-state index < -0.39 is 0 Å². The first kappa shape index (κ1) is 19.1. The lowest BCUT2D eigenvalue weighted by molar-refractivity contribution is -0.120. The molecule has 2 fully saturated rings. The van der Waals surface area contributed by atoms with Crippen LogP contribution in [0.1, 0.15) is 25.7 Å². The molecular formula is C23H28N2O3. The van der Waals surface area contributed by atoms with Crippen LogP contribution in [0.4, 0.5) is 5.69 Å². The molecule has 5 heteroatoms. The molecule has 148 valence electrons. The molecule has 0 spiro atoms. The van der Waals surface area contributed by atoms with E-state index in [0.717, 1.165) is 36.3 Å². The van der Waals surface area contributed by atoms with Crippen LogP contribution in [-0.2, 0) is 14.3 Å². The number of piperidine rings is 1. The average molecular weight is 380 g/mol. The highest BCUT2D eigenvalue weighted by Crippen LogP contribution is 2.28. The lowest BCUT2D eigenvalue weighted by Gasteiger charge is -2.37. The highest BCUT2D eigenvalue weighted by Gasteiger charge is 2.33. The van der Waals surface area contributed by atoms with Crippen molar-refractivity contribution in [3.05, 3.63) is 54.6 Å². The van der Waals surface area contributed by atoms with Gasteiger partial charge in [-0.1, -0.05) is 55.0 Å². The minimum atomic E-state index is -0.137. The van der Waals surface area contributed by atoms with Gasteiger partial charge >= 0.3 is 0 Å². The first-order valence-electron chi connectivity index (χ1n) is 10.2. The van der Waals surface area contributed by atoms with Crippen molar-refractivity contribution in [2.75, 3.05) is 31.6 Å². The summed E-state index contributed by atoms with van der Waals surface area (Å²) in [6, 6.07) is 18.4. The van der Waals surface area contributed by atoms with Crippen LogP contribution < -0.4 is 5.32 Å². The number of hydrogen-bond donors (Lipinski definition) is 1. The molecular weight excluding hydrogens is 352 g/mol. The van der Waals surface area contributed by atoms with Gasteiger partial charge in [0.05, 0.1) is 19.3 Å². The molecule has 0 radical (unpaired) electrons. The number of carbonyl (C=O) groups excluding carboxylic acids is 1. The van der Waals surface area contributed by atoms with Gasteiger partial charge in [0.25, 0.3) is 0 Å². The standard InChI is InChI=1S/C23H28N2O3/c26-22(13-15-25-14-7-6-12-21(25)23-27-16-17-28-23)24-20-11-5-4-10-19(20)18-8-2-1-3-9-18/h1-5,8-11,21,23H,6-7,12-17H2,(H,24,26).